The summed E-state index contributed by atoms with van der Waals surface area (Å²) in [6.45, 7) is 2.56. The van der Waals surface area contributed by atoms with Crippen molar-refractivity contribution >= 4 is 0 Å². The summed E-state index contributed by atoms with van der Waals surface area (Å²) in [4.78, 5) is 2.39. The largest absolute Gasteiger partial charge is 0.508 e. The SMILES string of the molecule is Oc1cccc(CN(Cc2ccccc2)Cc2ccccc2)c1. The molecule has 2 nitrogen and oxygen atoms in total. The molecule has 3 rings (SSSR count). The number of hydrogen-bond donors (Lipinski definition) is 1. The second kappa shape index (κ2) is 7.61. The van der Waals surface area contributed by atoms with Gasteiger partial charge in [-0.3, -0.25) is 4.90 Å². The fourth-order valence-electron chi connectivity index (χ4n) is 2.76. The fraction of sp³-hybridized carbons (Fsp3) is 0.143. The molecule has 0 spiro atoms. The Kier molecular flexibility index (Phi) is 5.07. The number of rotatable bonds is 6. The predicted molar refractivity (Wildman–Crippen MR) is 93.9 cm³/mol. The van der Waals surface area contributed by atoms with Crippen molar-refractivity contribution in [3.63, 3.8) is 0 Å². The van der Waals surface area contributed by atoms with Gasteiger partial charge in [0, 0.05) is 19.6 Å². The molecule has 1 N–H and O–H groups in total. The zero-order chi connectivity index (χ0) is 15.9. The normalized spacial score (nSPS) is 10.8. The Morgan fingerprint density at radius 3 is 1.57 bits per heavy atom. The number of phenols is 1. The van der Waals surface area contributed by atoms with E-state index >= 15 is 0 Å². The van der Waals surface area contributed by atoms with Crippen molar-refractivity contribution in [1.82, 2.24) is 4.90 Å². The molecule has 3 aromatic carbocycles. The van der Waals surface area contributed by atoms with E-state index in [0.29, 0.717) is 5.75 Å². The maximum atomic E-state index is 9.69. The molecule has 0 aliphatic rings. The van der Waals surface area contributed by atoms with Crippen LogP contribution in [0.5, 0.6) is 5.75 Å². The third kappa shape index (κ3) is 4.70. The lowest BCUT2D eigenvalue weighted by Crippen LogP contribution is -2.22. The predicted octanol–water partition coefficient (Wildman–Crippen LogP) is 4.59. The average Bonchev–Trinajstić information content (AvgIpc) is 2.57. The van der Waals surface area contributed by atoms with E-state index in [2.05, 4.69) is 59.5 Å². The number of benzene rings is 3. The molecule has 0 saturated heterocycles. The summed E-state index contributed by atoms with van der Waals surface area (Å²) in [7, 11) is 0. The van der Waals surface area contributed by atoms with Crippen LogP contribution >= 0.6 is 0 Å². The quantitative estimate of drug-likeness (QED) is 0.719. The first-order valence-corrected chi connectivity index (χ1v) is 7.88. The van der Waals surface area contributed by atoms with E-state index in [4.69, 9.17) is 0 Å². The van der Waals surface area contributed by atoms with E-state index in [1.165, 1.54) is 11.1 Å². The summed E-state index contributed by atoms with van der Waals surface area (Å²) in [5.74, 6) is 0.321. The second-order valence-electron chi connectivity index (χ2n) is 5.79. The van der Waals surface area contributed by atoms with Crippen LogP contribution in [0.1, 0.15) is 16.7 Å². The molecule has 0 amide bonds. The lowest BCUT2D eigenvalue weighted by Gasteiger charge is -2.23. The summed E-state index contributed by atoms with van der Waals surface area (Å²) < 4.78 is 0. The highest BCUT2D eigenvalue weighted by molar-refractivity contribution is 5.27. The van der Waals surface area contributed by atoms with Crippen molar-refractivity contribution in [2.24, 2.45) is 0 Å². The van der Waals surface area contributed by atoms with E-state index in [1.54, 1.807) is 6.07 Å². The molecule has 0 unspecified atom stereocenters. The standard InChI is InChI=1S/C21H21NO/c23-21-13-7-12-20(14-21)17-22(15-18-8-3-1-4-9-18)16-19-10-5-2-6-11-19/h1-14,23H,15-17H2. The Morgan fingerprint density at radius 2 is 1.04 bits per heavy atom. The smallest absolute Gasteiger partial charge is 0.115 e. The molecular weight excluding hydrogens is 282 g/mol. The van der Waals surface area contributed by atoms with E-state index < -0.39 is 0 Å². The van der Waals surface area contributed by atoms with Gasteiger partial charge in [-0.25, -0.2) is 0 Å². The Hall–Kier alpha value is -2.58. The Morgan fingerprint density at radius 1 is 0.565 bits per heavy atom. The molecule has 3 aromatic rings. The lowest BCUT2D eigenvalue weighted by atomic mass is 10.1. The van der Waals surface area contributed by atoms with Gasteiger partial charge >= 0.3 is 0 Å². The van der Waals surface area contributed by atoms with E-state index in [1.807, 2.05) is 24.3 Å². The van der Waals surface area contributed by atoms with Crippen molar-refractivity contribution in [2.75, 3.05) is 0 Å². The van der Waals surface area contributed by atoms with Crippen LogP contribution in [0.2, 0.25) is 0 Å². The van der Waals surface area contributed by atoms with Crippen LogP contribution < -0.4 is 0 Å². The zero-order valence-electron chi connectivity index (χ0n) is 13.1. The molecular formula is C21H21NO. The van der Waals surface area contributed by atoms with E-state index in [-0.39, 0.29) is 0 Å². The van der Waals surface area contributed by atoms with Gasteiger partial charge in [0.2, 0.25) is 0 Å². The van der Waals surface area contributed by atoms with Crippen LogP contribution in [0.4, 0.5) is 0 Å². The molecule has 0 radical (unpaired) electrons. The van der Waals surface area contributed by atoms with Gasteiger partial charge in [0.15, 0.2) is 0 Å². The fourth-order valence-corrected chi connectivity index (χ4v) is 2.76. The Bertz CT molecular complexity index is 684. The van der Waals surface area contributed by atoms with Gasteiger partial charge < -0.3 is 5.11 Å². The highest BCUT2D eigenvalue weighted by Gasteiger charge is 2.08. The minimum absolute atomic E-state index is 0.321. The lowest BCUT2D eigenvalue weighted by molar-refractivity contribution is 0.247. The van der Waals surface area contributed by atoms with Gasteiger partial charge in [-0.2, -0.15) is 0 Å². The Balaban J connectivity index is 1.77. The van der Waals surface area contributed by atoms with Gasteiger partial charge in [-0.05, 0) is 28.8 Å². The molecule has 116 valence electrons. The number of phenolic OH excluding ortho intramolecular Hbond substituents is 1. The Labute approximate surface area is 137 Å². The highest BCUT2D eigenvalue weighted by atomic mass is 16.3. The van der Waals surface area contributed by atoms with Gasteiger partial charge in [0.25, 0.3) is 0 Å². The van der Waals surface area contributed by atoms with Crippen LogP contribution in [0.15, 0.2) is 84.9 Å². The van der Waals surface area contributed by atoms with E-state index in [9.17, 15) is 5.11 Å². The number of aromatic hydroxyl groups is 1. The molecule has 0 fully saturated rings. The third-order valence-corrected chi connectivity index (χ3v) is 3.81. The van der Waals surface area contributed by atoms with Crippen molar-refractivity contribution < 1.29 is 5.11 Å². The highest BCUT2D eigenvalue weighted by Crippen LogP contribution is 2.17. The first-order valence-electron chi connectivity index (χ1n) is 7.88. The monoisotopic (exact) mass is 303 g/mol. The molecule has 0 aliphatic carbocycles. The first-order chi connectivity index (χ1) is 11.3. The zero-order valence-corrected chi connectivity index (χ0v) is 13.1. The molecule has 0 aliphatic heterocycles. The van der Waals surface area contributed by atoms with Crippen LogP contribution in [0.25, 0.3) is 0 Å². The minimum Gasteiger partial charge on any atom is -0.508 e. The molecule has 0 atom stereocenters. The third-order valence-electron chi connectivity index (χ3n) is 3.81. The first kappa shape index (κ1) is 15.3. The summed E-state index contributed by atoms with van der Waals surface area (Å²) in [6.07, 6.45) is 0. The average molecular weight is 303 g/mol. The molecule has 23 heavy (non-hydrogen) atoms. The van der Waals surface area contributed by atoms with Crippen LogP contribution in [-0.4, -0.2) is 10.0 Å². The molecule has 0 bridgehead atoms. The number of nitrogens with zero attached hydrogens (tertiary/aromatic N) is 1. The van der Waals surface area contributed by atoms with Gasteiger partial charge in [-0.1, -0.05) is 72.8 Å². The molecule has 0 heterocycles. The second-order valence-corrected chi connectivity index (χ2v) is 5.79. The van der Waals surface area contributed by atoms with Gasteiger partial charge in [-0.15, -0.1) is 0 Å². The molecule has 0 aromatic heterocycles. The van der Waals surface area contributed by atoms with Crippen molar-refractivity contribution in [2.45, 2.75) is 19.6 Å². The van der Waals surface area contributed by atoms with Crippen molar-refractivity contribution in [3.8, 4) is 5.75 Å². The maximum Gasteiger partial charge on any atom is 0.115 e. The van der Waals surface area contributed by atoms with Crippen LogP contribution in [-0.2, 0) is 19.6 Å². The summed E-state index contributed by atoms with van der Waals surface area (Å²) in [5.41, 5.74) is 3.71. The summed E-state index contributed by atoms with van der Waals surface area (Å²) in [5, 5.41) is 9.69. The van der Waals surface area contributed by atoms with Crippen molar-refractivity contribution in [3.05, 3.63) is 102 Å². The van der Waals surface area contributed by atoms with E-state index in [0.717, 1.165) is 25.2 Å². The molecule has 2 heteroatoms. The van der Waals surface area contributed by atoms with Crippen LogP contribution in [0, 0.1) is 0 Å². The van der Waals surface area contributed by atoms with Crippen molar-refractivity contribution in [1.29, 1.82) is 0 Å². The van der Waals surface area contributed by atoms with Gasteiger partial charge in [0.05, 0.1) is 0 Å². The molecule has 0 saturated carbocycles. The maximum absolute atomic E-state index is 9.69. The van der Waals surface area contributed by atoms with Crippen LogP contribution in [0.3, 0.4) is 0 Å². The summed E-state index contributed by atoms with van der Waals surface area (Å²) in [6, 6.07) is 28.5. The minimum atomic E-state index is 0.321. The number of hydrogen-bond acceptors (Lipinski definition) is 2. The summed E-state index contributed by atoms with van der Waals surface area (Å²) >= 11 is 0. The topological polar surface area (TPSA) is 23.5 Å². The van der Waals surface area contributed by atoms with Gasteiger partial charge in [0.1, 0.15) is 5.75 Å².